The van der Waals surface area contributed by atoms with Crippen LogP contribution in [-0.4, -0.2) is 54.2 Å². The first-order chi connectivity index (χ1) is 13.2. The molecule has 1 saturated heterocycles. The molecule has 0 saturated carbocycles. The SMILES string of the molecule is O=C(c1cnn(-c2nc3cc(F)cn3c(=O)[nH]2)c1)N1CCC(C(F)(F)F)CC1. The van der Waals surface area contributed by atoms with Crippen molar-refractivity contribution >= 4 is 11.6 Å². The summed E-state index contributed by atoms with van der Waals surface area (Å²) in [5, 5.41) is 3.96. The Kier molecular flexibility index (Phi) is 4.20. The summed E-state index contributed by atoms with van der Waals surface area (Å²) >= 11 is 0. The highest BCUT2D eigenvalue weighted by molar-refractivity contribution is 5.93. The van der Waals surface area contributed by atoms with Crippen molar-refractivity contribution in [3.63, 3.8) is 0 Å². The minimum absolute atomic E-state index is 0.00132. The first-order valence-electron chi connectivity index (χ1n) is 8.41. The summed E-state index contributed by atoms with van der Waals surface area (Å²) in [5.41, 5.74) is -0.426. The summed E-state index contributed by atoms with van der Waals surface area (Å²) in [6, 6.07) is 1.07. The standard InChI is InChI=1S/C16H14F4N6O2/c17-11-5-12-22-14(23-15(28)25(12)8-11)26-7-9(6-21-26)13(27)24-3-1-10(2-4-24)16(18,19)20/h5-8,10H,1-4H2,(H,22,23,28). The van der Waals surface area contributed by atoms with Crippen molar-refractivity contribution in [2.24, 2.45) is 5.92 Å². The van der Waals surface area contributed by atoms with Crippen molar-refractivity contribution in [2.45, 2.75) is 19.0 Å². The number of likely N-dealkylation sites (tertiary alicyclic amines) is 1. The predicted molar refractivity (Wildman–Crippen MR) is 87.6 cm³/mol. The summed E-state index contributed by atoms with van der Waals surface area (Å²) in [5.74, 6) is -2.51. The maximum atomic E-state index is 13.3. The zero-order chi connectivity index (χ0) is 20.1. The second kappa shape index (κ2) is 6.46. The molecule has 28 heavy (non-hydrogen) atoms. The third-order valence-corrected chi connectivity index (χ3v) is 4.72. The van der Waals surface area contributed by atoms with Crippen molar-refractivity contribution in [1.82, 2.24) is 29.0 Å². The molecule has 0 atom stereocenters. The van der Waals surface area contributed by atoms with Crippen molar-refractivity contribution in [3.05, 3.63) is 46.5 Å². The van der Waals surface area contributed by atoms with Crippen LogP contribution in [0, 0.1) is 11.7 Å². The quantitative estimate of drug-likeness (QED) is 0.667. The molecule has 0 unspecified atom stereocenters. The lowest BCUT2D eigenvalue weighted by molar-refractivity contribution is -0.183. The molecule has 0 bridgehead atoms. The summed E-state index contributed by atoms with van der Waals surface area (Å²) in [6.45, 7) is -0.00265. The van der Waals surface area contributed by atoms with E-state index in [4.69, 9.17) is 0 Å². The van der Waals surface area contributed by atoms with Crippen LogP contribution in [0.1, 0.15) is 23.2 Å². The van der Waals surface area contributed by atoms with E-state index < -0.39 is 29.5 Å². The van der Waals surface area contributed by atoms with Gasteiger partial charge < -0.3 is 4.90 Å². The first-order valence-corrected chi connectivity index (χ1v) is 8.41. The Balaban J connectivity index is 1.53. The molecule has 1 aliphatic heterocycles. The van der Waals surface area contributed by atoms with Gasteiger partial charge in [-0.25, -0.2) is 18.3 Å². The van der Waals surface area contributed by atoms with E-state index in [9.17, 15) is 27.2 Å². The molecule has 1 N–H and O–H groups in total. The molecule has 148 valence electrons. The van der Waals surface area contributed by atoms with Gasteiger partial charge in [0.15, 0.2) is 0 Å². The highest BCUT2D eigenvalue weighted by Crippen LogP contribution is 2.34. The lowest BCUT2D eigenvalue weighted by Gasteiger charge is -2.32. The molecule has 0 radical (unpaired) electrons. The van der Waals surface area contributed by atoms with Crippen LogP contribution >= 0.6 is 0 Å². The van der Waals surface area contributed by atoms with Gasteiger partial charge in [0, 0.05) is 25.4 Å². The number of nitrogens with one attached hydrogen (secondary N) is 1. The molecule has 0 spiro atoms. The Hall–Kier alpha value is -3.18. The fourth-order valence-electron chi connectivity index (χ4n) is 3.21. The van der Waals surface area contributed by atoms with E-state index in [0.29, 0.717) is 0 Å². The van der Waals surface area contributed by atoms with Crippen molar-refractivity contribution in [2.75, 3.05) is 13.1 Å². The maximum Gasteiger partial charge on any atom is 0.391 e. The van der Waals surface area contributed by atoms with Crippen LogP contribution in [0.5, 0.6) is 0 Å². The summed E-state index contributed by atoms with van der Waals surface area (Å²) in [4.78, 5) is 32.3. The van der Waals surface area contributed by atoms with Crippen molar-refractivity contribution in [3.8, 4) is 5.95 Å². The number of piperidine rings is 1. The fourth-order valence-corrected chi connectivity index (χ4v) is 3.21. The van der Waals surface area contributed by atoms with Crippen LogP contribution < -0.4 is 5.69 Å². The number of alkyl halides is 3. The Bertz CT molecular complexity index is 1090. The van der Waals surface area contributed by atoms with Gasteiger partial charge in [-0.3, -0.25) is 9.78 Å². The molecular formula is C16H14F4N6O2. The number of nitrogens with zero attached hydrogens (tertiary/aromatic N) is 5. The maximum absolute atomic E-state index is 13.3. The van der Waals surface area contributed by atoms with Crippen LogP contribution in [0.3, 0.4) is 0 Å². The van der Waals surface area contributed by atoms with Crippen molar-refractivity contribution in [1.29, 1.82) is 0 Å². The van der Waals surface area contributed by atoms with E-state index >= 15 is 0 Å². The molecule has 0 aliphatic carbocycles. The monoisotopic (exact) mass is 398 g/mol. The summed E-state index contributed by atoms with van der Waals surface area (Å²) < 4.78 is 53.7. The number of fused-ring (bicyclic) bond motifs is 1. The molecule has 3 aromatic rings. The average molecular weight is 398 g/mol. The van der Waals surface area contributed by atoms with Crippen LogP contribution in [0.25, 0.3) is 11.6 Å². The van der Waals surface area contributed by atoms with Crippen LogP contribution in [0.2, 0.25) is 0 Å². The molecule has 3 aromatic heterocycles. The molecule has 0 aromatic carbocycles. The Morgan fingerprint density at radius 1 is 1.21 bits per heavy atom. The van der Waals surface area contributed by atoms with Gasteiger partial charge >= 0.3 is 11.9 Å². The molecule has 1 aliphatic rings. The van der Waals surface area contributed by atoms with Gasteiger partial charge in [0.1, 0.15) is 11.5 Å². The van der Waals surface area contributed by atoms with E-state index in [0.717, 1.165) is 21.3 Å². The van der Waals surface area contributed by atoms with Crippen LogP contribution in [-0.2, 0) is 0 Å². The van der Waals surface area contributed by atoms with Crippen LogP contribution in [0.4, 0.5) is 17.6 Å². The number of aromatic amines is 1. The average Bonchev–Trinajstić information content (AvgIpc) is 3.27. The first kappa shape index (κ1) is 18.2. The van der Waals surface area contributed by atoms with E-state index in [1.807, 2.05) is 0 Å². The fraction of sp³-hybridized carbons (Fsp3) is 0.375. The lowest BCUT2D eigenvalue weighted by atomic mass is 9.96. The minimum atomic E-state index is -4.26. The Labute approximate surface area is 154 Å². The zero-order valence-electron chi connectivity index (χ0n) is 14.3. The number of carbonyl (C=O) groups is 1. The van der Waals surface area contributed by atoms with E-state index in [-0.39, 0.29) is 43.1 Å². The number of aromatic nitrogens is 5. The van der Waals surface area contributed by atoms with Gasteiger partial charge in [0.05, 0.1) is 23.9 Å². The van der Waals surface area contributed by atoms with E-state index in [1.54, 1.807) is 0 Å². The molecular weight excluding hydrogens is 384 g/mol. The van der Waals surface area contributed by atoms with Gasteiger partial charge in [-0.15, -0.1) is 0 Å². The predicted octanol–water partition coefficient (Wildman–Crippen LogP) is 1.76. The zero-order valence-corrected chi connectivity index (χ0v) is 14.3. The lowest BCUT2D eigenvalue weighted by Crippen LogP contribution is -2.42. The number of rotatable bonds is 2. The minimum Gasteiger partial charge on any atom is -0.339 e. The van der Waals surface area contributed by atoms with Gasteiger partial charge in [0.2, 0.25) is 5.95 Å². The molecule has 4 heterocycles. The number of halogens is 4. The topological polar surface area (TPSA) is 88.3 Å². The Morgan fingerprint density at radius 2 is 1.93 bits per heavy atom. The molecule has 1 amide bonds. The molecule has 8 nitrogen and oxygen atoms in total. The summed E-state index contributed by atoms with van der Waals surface area (Å²) in [7, 11) is 0. The van der Waals surface area contributed by atoms with Gasteiger partial charge in [-0.1, -0.05) is 0 Å². The third kappa shape index (κ3) is 3.25. The Morgan fingerprint density at radius 3 is 2.61 bits per heavy atom. The van der Waals surface area contributed by atoms with E-state index in [2.05, 4.69) is 15.1 Å². The number of hydrogen-bond donors (Lipinski definition) is 1. The van der Waals surface area contributed by atoms with Gasteiger partial charge in [-0.05, 0) is 12.8 Å². The number of hydrogen-bond acceptors (Lipinski definition) is 4. The van der Waals surface area contributed by atoms with E-state index in [1.165, 1.54) is 17.3 Å². The van der Waals surface area contributed by atoms with Gasteiger partial charge in [-0.2, -0.15) is 23.3 Å². The van der Waals surface area contributed by atoms with Crippen molar-refractivity contribution < 1.29 is 22.4 Å². The molecule has 1 fully saturated rings. The van der Waals surface area contributed by atoms with Gasteiger partial charge in [0.25, 0.3) is 5.91 Å². The summed E-state index contributed by atoms with van der Waals surface area (Å²) in [6.07, 6.45) is -1.02. The second-order valence-corrected chi connectivity index (χ2v) is 6.53. The number of amides is 1. The number of carbonyl (C=O) groups excluding carboxylic acids is 1. The van der Waals surface area contributed by atoms with Crippen LogP contribution in [0.15, 0.2) is 29.5 Å². The highest BCUT2D eigenvalue weighted by Gasteiger charge is 2.41. The molecule has 4 rings (SSSR count). The normalized spacial score (nSPS) is 16.1. The third-order valence-electron chi connectivity index (χ3n) is 4.72. The smallest absolute Gasteiger partial charge is 0.339 e. The number of H-pyrrole nitrogens is 1. The highest BCUT2D eigenvalue weighted by atomic mass is 19.4. The molecule has 12 heteroatoms. The largest absolute Gasteiger partial charge is 0.391 e. The second-order valence-electron chi connectivity index (χ2n) is 6.53.